The van der Waals surface area contributed by atoms with Crippen molar-refractivity contribution in [3.8, 4) is 0 Å². The average molecular weight is 386 g/mol. The highest BCUT2D eigenvalue weighted by atomic mass is 16.7. The summed E-state index contributed by atoms with van der Waals surface area (Å²) >= 11 is 0. The molecular formula is C19H34N2O6. The molecule has 0 spiro atoms. The second-order valence-corrected chi connectivity index (χ2v) is 6.62. The van der Waals surface area contributed by atoms with Crippen LogP contribution in [0.25, 0.3) is 0 Å². The normalized spacial score (nSPS) is 19.3. The lowest BCUT2D eigenvalue weighted by Gasteiger charge is -2.23. The standard InChI is InChI=1S/C19H34N2O6/c1-6-25-18(26-7-2)13-27-17(20-24-5)9-8-16(14(3)4)19(23)21-11-10-15(22)12-21/h8-9,14-16,18,22H,6-7,10-13H2,1-5H3/b9-8+,20-17+. The summed E-state index contributed by atoms with van der Waals surface area (Å²) in [7, 11) is 1.43. The van der Waals surface area contributed by atoms with Crippen molar-refractivity contribution in [3.63, 3.8) is 0 Å². The van der Waals surface area contributed by atoms with Crippen LogP contribution in [0.4, 0.5) is 0 Å². The van der Waals surface area contributed by atoms with Crippen LogP contribution >= 0.6 is 0 Å². The minimum Gasteiger partial charge on any atom is -0.470 e. The molecule has 1 N–H and O–H groups in total. The van der Waals surface area contributed by atoms with Gasteiger partial charge in [-0.15, -0.1) is 0 Å². The van der Waals surface area contributed by atoms with E-state index in [0.717, 1.165) is 0 Å². The monoisotopic (exact) mass is 386 g/mol. The third-order valence-electron chi connectivity index (χ3n) is 4.18. The fourth-order valence-electron chi connectivity index (χ4n) is 2.79. The second kappa shape index (κ2) is 12.7. The zero-order chi connectivity index (χ0) is 20.2. The molecule has 0 aromatic carbocycles. The Morgan fingerprint density at radius 1 is 1.30 bits per heavy atom. The molecule has 1 aliphatic heterocycles. The van der Waals surface area contributed by atoms with Gasteiger partial charge < -0.3 is 29.1 Å². The van der Waals surface area contributed by atoms with Crippen molar-refractivity contribution >= 4 is 11.8 Å². The van der Waals surface area contributed by atoms with Gasteiger partial charge in [0.05, 0.1) is 12.0 Å². The molecule has 2 atom stereocenters. The quantitative estimate of drug-likeness (QED) is 0.252. The number of hydrogen-bond donors (Lipinski definition) is 1. The van der Waals surface area contributed by atoms with Gasteiger partial charge in [-0.05, 0) is 31.3 Å². The minimum atomic E-state index is -0.496. The largest absolute Gasteiger partial charge is 0.470 e. The second-order valence-electron chi connectivity index (χ2n) is 6.62. The first-order chi connectivity index (χ1) is 12.9. The van der Waals surface area contributed by atoms with E-state index in [-0.39, 0.29) is 30.2 Å². The fourth-order valence-corrected chi connectivity index (χ4v) is 2.79. The molecule has 1 saturated heterocycles. The van der Waals surface area contributed by atoms with Crippen molar-refractivity contribution < 1.29 is 28.9 Å². The van der Waals surface area contributed by atoms with Gasteiger partial charge in [-0.2, -0.15) is 0 Å². The molecule has 0 bridgehead atoms. The number of amides is 1. The van der Waals surface area contributed by atoms with E-state index < -0.39 is 12.4 Å². The predicted octanol–water partition coefficient (Wildman–Crippen LogP) is 1.78. The number of hydrogen-bond acceptors (Lipinski definition) is 7. The molecule has 156 valence electrons. The van der Waals surface area contributed by atoms with Gasteiger partial charge in [-0.1, -0.05) is 19.9 Å². The first-order valence-electron chi connectivity index (χ1n) is 9.55. The Balaban J connectivity index is 2.74. The molecule has 1 aliphatic rings. The molecule has 1 heterocycles. The summed E-state index contributed by atoms with van der Waals surface area (Å²) in [6.45, 7) is 9.85. The number of likely N-dealkylation sites (tertiary alicyclic amines) is 1. The average Bonchev–Trinajstić information content (AvgIpc) is 3.06. The third kappa shape index (κ3) is 8.28. The van der Waals surface area contributed by atoms with Crippen LogP contribution in [0.1, 0.15) is 34.1 Å². The smallest absolute Gasteiger partial charge is 0.250 e. The Morgan fingerprint density at radius 3 is 2.44 bits per heavy atom. The van der Waals surface area contributed by atoms with Gasteiger partial charge in [-0.25, -0.2) is 0 Å². The van der Waals surface area contributed by atoms with Gasteiger partial charge in [0.2, 0.25) is 11.8 Å². The van der Waals surface area contributed by atoms with Gasteiger partial charge in [0.1, 0.15) is 13.7 Å². The third-order valence-corrected chi connectivity index (χ3v) is 4.18. The number of rotatable bonds is 11. The maximum atomic E-state index is 12.8. The topological polar surface area (TPSA) is 89.8 Å². The van der Waals surface area contributed by atoms with Crippen LogP contribution in [0.5, 0.6) is 0 Å². The molecule has 0 aromatic heterocycles. The molecule has 8 nitrogen and oxygen atoms in total. The summed E-state index contributed by atoms with van der Waals surface area (Å²) in [4.78, 5) is 19.3. The molecule has 2 unspecified atom stereocenters. The Labute approximate surface area is 162 Å². The Kier molecular flexibility index (Phi) is 11.0. The number of carbonyl (C=O) groups is 1. The van der Waals surface area contributed by atoms with Crippen molar-refractivity contribution in [2.24, 2.45) is 17.0 Å². The van der Waals surface area contributed by atoms with E-state index in [1.165, 1.54) is 7.11 Å². The molecule has 1 fully saturated rings. The predicted molar refractivity (Wildman–Crippen MR) is 102 cm³/mol. The van der Waals surface area contributed by atoms with E-state index >= 15 is 0 Å². The minimum absolute atomic E-state index is 0.00363. The lowest BCUT2D eigenvalue weighted by molar-refractivity contribution is -0.154. The number of aliphatic hydroxyl groups excluding tert-OH is 1. The maximum Gasteiger partial charge on any atom is 0.250 e. The van der Waals surface area contributed by atoms with E-state index in [2.05, 4.69) is 5.16 Å². The Morgan fingerprint density at radius 2 is 1.96 bits per heavy atom. The fraction of sp³-hybridized carbons (Fsp3) is 0.789. The molecule has 0 aliphatic carbocycles. The number of β-amino-alcohol motifs (C(OH)–C–C–N with tert-alkyl or cyclic N) is 1. The van der Waals surface area contributed by atoms with Crippen LogP contribution in [0.3, 0.4) is 0 Å². The van der Waals surface area contributed by atoms with E-state index in [1.54, 1.807) is 17.1 Å². The molecule has 1 amide bonds. The summed E-state index contributed by atoms with van der Waals surface area (Å²) in [6.07, 6.45) is 3.09. The lowest BCUT2D eigenvalue weighted by Crippen LogP contribution is -2.36. The molecule has 27 heavy (non-hydrogen) atoms. The van der Waals surface area contributed by atoms with E-state index in [1.807, 2.05) is 27.7 Å². The van der Waals surface area contributed by atoms with Crippen LogP contribution in [0, 0.1) is 11.8 Å². The lowest BCUT2D eigenvalue weighted by atomic mass is 9.94. The number of nitrogens with zero attached hydrogens (tertiary/aromatic N) is 2. The van der Waals surface area contributed by atoms with Gasteiger partial charge in [-0.3, -0.25) is 4.79 Å². The van der Waals surface area contributed by atoms with Gasteiger partial charge >= 0.3 is 0 Å². The summed E-state index contributed by atoms with van der Waals surface area (Å²) < 4.78 is 16.5. The SMILES string of the molecule is CCOC(COC(/C=C/C(C(=O)N1CCC(O)C1)C(C)C)=N/OC)OCC. The van der Waals surface area contributed by atoms with Crippen LogP contribution in [0.2, 0.25) is 0 Å². The summed E-state index contributed by atoms with van der Waals surface area (Å²) in [5.74, 6) is -0.0108. The number of aliphatic hydroxyl groups is 1. The summed E-state index contributed by atoms with van der Waals surface area (Å²) in [5.41, 5.74) is 0. The Bertz CT molecular complexity index is 489. The van der Waals surface area contributed by atoms with Crippen molar-refractivity contribution in [1.82, 2.24) is 4.90 Å². The zero-order valence-corrected chi connectivity index (χ0v) is 17.1. The maximum absolute atomic E-state index is 12.8. The first kappa shape index (κ1) is 23.4. The molecule has 1 rings (SSSR count). The van der Waals surface area contributed by atoms with E-state index in [0.29, 0.717) is 32.7 Å². The van der Waals surface area contributed by atoms with Crippen molar-refractivity contribution in [2.75, 3.05) is 40.0 Å². The van der Waals surface area contributed by atoms with E-state index in [9.17, 15) is 9.90 Å². The van der Waals surface area contributed by atoms with Crippen LogP contribution in [-0.2, 0) is 23.8 Å². The van der Waals surface area contributed by atoms with Crippen molar-refractivity contribution in [1.29, 1.82) is 0 Å². The summed E-state index contributed by atoms with van der Waals surface area (Å²) in [5, 5.41) is 13.5. The molecular weight excluding hydrogens is 352 g/mol. The van der Waals surface area contributed by atoms with Crippen molar-refractivity contribution in [3.05, 3.63) is 12.2 Å². The Hall–Kier alpha value is -1.64. The highest BCUT2D eigenvalue weighted by Crippen LogP contribution is 2.20. The molecule has 0 aromatic rings. The molecule has 0 saturated carbocycles. The highest BCUT2D eigenvalue weighted by molar-refractivity contribution is 5.89. The molecule has 8 heteroatoms. The number of ether oxygens (including phenoxy) is 3. The highest BCUT2D eigenvalue weighted by Gasteiger charge is 2.30. The zero-order valence-electron chi connectivity index (χ0n) is 17.1. The summed E-state index contributed by atoms with van der Waals surface area (Å²) in [6, 6.07) is 0. The van der Waals surface area contributed by atoms with Crippen LogP contribution in [-0.4, -0.2) is 74.2 Å². The number of carbonyl (C=O) groups excluding carboxylic acids is 1. The van der Waals surface area contributed by atoms with Gasteiger partial charge in [0.25, 0.3) is 0 Å². The van der Waals surface area contributed by atoms with E-state index in [4.69, 9.17) is 19.0 Å². The number of oxime groups is 1. The molecule has 0 radical (unpaired) electrons. The van der Waals surface area contributed by atoms with Gasteiger partial charge in [0, 0.05) is 32.4 Å². The first-order valence-corrected chi connectivity index (χ1v) is 9.55. The van der Waals surface area contributed by atoms with Crippen molar-refractivity contribution in [2.45, 2.75) is 46.5 Å². The van der Waals surface area contributed by atoms with Gasteiger partial charge in [0.15, 0.2) is 6.29 Å². The van der Waals surface area contributed by atoms with Crippen LogP contribution < -0.4 is 0 Å². The van der Waals surface area contributed by atoms with Crippen LogP contribution in [0.15, 0.2) is 17.3 Å².